The smallest absolute Gasteiger partial charge is 0.262 e. The fraction of sp³-hybridized carbons (Fsp3) is 0.545. The van der Waals surface area contributed by atoms with E-state index in [9.17, 15) is 19.2 Å². The average Bonchev–Trinajstić information content (AvgIpc) is 2.90. The van der Waals surface area contributed by atoms with Gasteiger partial charge in [-0.05, 0) is 24.1 Å². The Labute approximate surface area is 185 Å². The summed E-state index contributed by atoms with van der Waals surface area (Å²) in [4.78, 5) is 52.9. The van der Waals surface area contributed by atoms with Crippen LogP contribution in [0.4, 0.5) is 0 Å². The van der Waals surface area contributed by atoms with Gasteiger partial charge in [-0.25, -0.2) is 0 Å². The van der Waals surface area contributed by atoms with Gasteiger partial charge in [-0.3, -0.25) is 34.3 Å². The first-order valence-corrected chi connectivity index (χ1v) is 10.9. The van der Waals surface area contributed by atoms with Crippen molar-refractivity contribution in [2.75, 3.05) is 46.1 Å². The molecule has 0 aliphatic carbocycles. The first-order chi connectivity index (χ1) is 15.5. The molecule has 3 fully saturated rings. The monoisotopic (exact) mass is 442 g/mol. The highest BCUT2D eigenvalue weighted by Gasteiger charge is 2.44. The average molecular weight is 442 g/mol. The van der Waals surface area contributed by atoms with E-state index in [0.717, 1.165) is 30.1 Å². The molecule has 0 saturated carbocycles. The van der Waals surface area contributed by atoms with E-state index in [-0.39, 0.29) is 24.3 Å². The molecule has 0 radical (unpaired) electrons. The Bertz CT molecular complexity index is 973. The van der Waals surface area contributed by atoms with Crippen LogP contribution in [0.25, 0.3) is 0 Å². The normalized spacial score (nSPS) is 29.2. The quantitative estimate of drug-likeness (QED) is 0.589. The second kappa shape index (κ2) is 8.36. The molecule has 5 rings (SSSR count). The van der Waals surface area contributed by atoms with E-state index < -0.39 is 23.8 Å². The van der Waals surface area contributed by atoms with Gasteiger partial charge in [-0.2, -0.15) is 0 Å². The Morgan fingerprint density at radius 2 is 1.81 bits per heavy atom. The van der Waals surface area contributed by atoms with Gasteiger partial charge in [0, 0.05) is 32.6 Å². The molecular weight excluding hydrogens is 416 g/mol. The summed E-state index contributed by atoms with van der Waals surface area (Å²) in [6, 6.07) is 4.29. The lowest BCUT2D eigenvalue weighted by molar-refractivity contribution is -0.136. The predicted molar refractivity (Wildman–Crippen MR) is 111 cm³/mol. The number of hydrogen-bond donors (Lipinski definition) is 2. The van der Waals surface area contributed by atoms with Crippen LogP contribution in [-0.2, 0) is 25.6 Å². The minimum absolute atomic E-state index is 0.103. The number of nitrogens with one attached hydrogen (secondary N) is 2. The van der Waals surface area contributed by atoms with Crippen molar-refractivity contribution in [2.45, 2.75) is 31.0 Å². The molecule has 0 bridgehead atoms. The van der Waals surface area contributed by atoms with Gasteiger partial charge in [0.2, 0.25) is 11.8 Å². The molecule has 0 aromatic heterocycles. The van der Waals surface area contributed by atoms with Crippen LogP contribution >= 0.6 is 0 Å². The number of ether oxygens (including phenoxy) is 2. The number of benzene rings is 1. The van der Waals surface area contributed by atoms with E-state index >= 15 is 0 Å². The van der Waals surface area contributed by atoms with E-state index in [1.807, 2.05) is 6.07 Å². The van der Waals surface area contributed by atoms with Crippen LogP contribution in [-0.4, -0.2) is 91.1 Å². The zero-order chi connectivity index (χ0) is 22.3. The lowest BCUT2D eigenvalue weighted by atomic mass is 9.99. The van der Waals surface area contributed by atoms with Crippen molar-refractivity contribution in [1.82, 2.24) is 20.4 Å². The van der Waals surface area contributed by atoms with E-state index in [0.29, 0.717) is 44.1 Å². The van der Waals surface area contributed by atoms with Crippen molar-refractivity contribution in [3.05, 3.63) is 34.9 Å². The van der Waals surface area contributed by atoms with Crippen molar-refractivity contribution in [2.24, 2.45) is 0 Å². The molecule has 1 spiro atoms. The largest absolute Gasteiger partial charge is 0.378 e. The van der Waals surface area contributed by atoms with Crippen LogP contribution in [0.15, 0.2) is 18.2 Å². The molecule has 32 heavy (non-hydrogen) atoms. The molecule has 1 aromatic rings. The first kappa shape index (κ1) is 21.2. The summed E-state index contributed by atoms with van der Waals surface area (Å²) in [5.74, 6) is -1.97. The molecule has 10 heteroatoms. The van der Waals surface area contributed by atoms with Crippen LogP contribution < -0.4 is 10.6 Å². The summed E-state index contributed by atoms with van der Waals surface area (Å²) in [7, 11) is 0. The summed E-state index contributed by atoms with van der Waals surface area (Å²) < 4.78 is 11.5. The standard InChI is InChI=1S/C22H26N4O6/c27-18-4-3-17(19(28)24-18)26-20(29)15-2-1-14(9-16(15)21(26)30)10-25-6-8-32-13-22(11-25)12-31-7-5-23-22/h1-2,9,17,23H,3-8,10-13H2,(H,24,27,28). The number of hydrogen-bond acceptors (Lipinski definition) is 8. The SMILES string of the molecule is O=C1CCC(N2C(=O)c3ccc(CN4CCOCC5(COCCN5)C4)cc3C2=O)C(=O)N1. The molecule has 10 nitrogen and oxygen atoms in total. The zero-order valence-electron chi connectivity index (χ0n) is 17.7. The third-order valence-corrected chi connectivity index (χ3v) is 6.49. The summed E-state index contributed by atoms with van der Waals surface area (Å²) >= 11 is 0. The second-order valence-electron chi connectivity index (χ2n) is 8.85. The molecule has 4 aliphatic heterocycles. The Morgan fingerprint density at radius 3 is 2.59 bits per heavy atom. The summed E-state index contributed by atoms with van der Waals surface area (Å²) in [5.41, 5.74) is 1.25. The lowest BCUT2D eigenvalue weighted by Crippen LogP contribution is -2.61. The van der Waals surface area contributed by atoms with Crippen LogP contribution in [0.1, 0.15) is 39.1 Å². The minimum atomic E-state index is -0.955. The van der Waals surface area contributed by atoms with Gasteiger partial charge in [0.25, 0.3) is 11.8 Å². The Balaban J connectivity index is 1.33. The van der Waals surface area contributed by atoms with Gasteiger partial charge < -0.3 is 14.8 Å². The molecule has 4 heterocycles. The van der Waals surface area contributed by atoms with Gasteiger partial charge >= 0.3 is 0 Å². The highest BCUT2D eigenvalue weighted by Crippen LogP contribution is 2.29. The predicted octanol–water partition coefficient (Wildman–Crippen LogP) is -0.721. The molecule has 2 unspecified atom stereocenters. The minimum Gasteiger partial charge on any atom is -0.378 e. The Kier molecular flexibility index (Phi) is 5.54. The Hall–Kier alpha value is -2.66. The van der Waals surface area contributed by atoms with Crippen LogP contribution in [0.5, 0.6) is 0 Å². The van der Waals surface area contributed by atoms with E-state index in [4.69, 9.17) is 9.47 Å². The summed E-state index contributed by atoms with van der Waals surface area (Å²) in [6.45, 7) is 5.34. The third-order valence-electron chi connectivity index (χ3n) is 6.49. The number of fused-ring (bicyclic) bond motifs is 1. The van der Waals surface area contributed by atoms with Crippen LogP contribution in [0, 0.1) is 0 Å². The lowest BCUT2D eigenvalue weighted by Gasteiger charge is -2.39. The fourth-order valence-corrected chi connectivity index (χ4v) is 4.92. The van der Waals surface area contributed by atoms with Gasteiger partial charge in [-0.15, -0.1) is 0 Å². The maximum absolute atomic E-state index is 13.1. The number of carbonyl (C=O) groups is 4. The molecule has 2 atom stereocenters. The van der Waals surface area contributed by atoms with E-state index in [1.54, 1.807) is 12.1 Å². The number of imide groups is 2. The molecule has 170 valence electrons. The third kappa shape index (κ3) is 3.83. The van der Waals surface area contributed by atoms with Gasteiger partial charge in [-0.1, -0.05) is 6.07 Å². The number of morpholine rings is 1. The topological polar surface area (TPSA) is 117 Å². The first-order valence-electron chi connectivity index (χ1n) is 10.9. The zero-order valence-corrected chi connectivity index (χ0v) is 17.7. The van der Waals surface area contributed by atoms with E-state index in [1.165, 1.54) is 0 Å². The second-order valence-corrected chi connectivity index (χ2v) is 8.85. The van der Waals surface area contributed by atoms with E-state index in [2.05, 4.69) is 15.5 Å². The maximum atomic E-state index is 13.1. The fourth-order valence-electron chi connectivity index (χ4n) is 4.92. The molecular formula is C22H26N4O6. The maximum Gasteiger partial charge on any atom is 0.262 e. The molecule has 4 aliphatic rings. The molecule has 2 N–H and O–H groups in total. The summed E-state index contributed by atoms with van der Waals surface area (Å²) in [6.07, 6.45) is 0.250. The van der Waals surface area contributed by atoms with Crippen molar-refractivity contribution >= 4 is 23.6 Å². The number of amides is 4. The van der Waals surface area contributed by atoms with Crippen molar-refractivity contribution < 1.29 is 28.7 Å². The molecule has 3 saturated heterocycles. The highest BCUT2D eigenvalue weighted by atomic mass is 16.5. The van der Waals surface area contributed by atoms with Crippen molar-refractivity contribution in [1.29, 1.82) is 0 Å². The van der Waals surface area contributed by atoms with Crippen molar-refractivity contribution in [3.63, 3.8) is 0 Å². The number of nitrogens with zero attached hydrogens (tertiary/aromatic N) is 2. The Morgan fingerprint density at radius 1 is 1.03 bits per heavy atom. The van der Waals surface area contributed by atoms with Crippen LogP contribution in [0.2, 0.25) is 0 Å². The highest BCUT2D eigenvalue weighted by molar-refractivity contribution is 6.23. The van der Waals surface area contributed by atoms with Crippen molar-refractivity contribution in [3.8, 4) is 0 Å². The molecule has 1 aromatic carbocycles. The van der Waals surface area contributed by atoms with Crippen LogP contribution in [0.3, 0.4) is 0 Å². The van der Waals surface area contributed by atoms with Gasteiger partial charge in [0.05, 0.1) is 43.1 Å². The number of rotatable bonds is 3. The number of piperidine rings is 1. The van der Waals surface area contributed by atoms with Gasteiger partial charge in [0.15, 0.2) is 0 Å². The number of carbonyl (C=O) groups excluding carboxylic acids is 4. The molecule has 4 amide bonds. The summed E-state index contributed by atoms with van der Waals surface area (Å²) in [5, 5.41) is 5.75. The van der Waals surface area contributed by atoms with Gasteiger partial charge in [0.1, 0.15) is 6.04 Å².